The number of rotatable bonds is 1. The summed E-state index contributed by atoms with van der Waals surface area (Å²) in [7, 11) is 1.97. The van der Waals surface area contributed by atoms with E-state index in [4.69, 9.17) is 0 Å². The van der Waals surface area contributed by atoms with Gasteiger partial charge < -0.3 is 9.80 Å². The lowest BCUT2D eigenvalue weighted by atomic mass is 10.1. The van der Waals surface area contributed by atoms with Crippen LogP contribution in [0.25, 0.3) is 0 Å². The normalized spacial score (nSPS) is 20.7. The molecule has 1 atom stereocenters. The van der Waals surface area contributed by atoms with Gasteiger partial charge >= 0.3 is 6.18 Å². The van der Waals surface area contributed by atoms with Gasteiger partial charge in [0.25, 0.3) is 5.91 Å². The minimum atomic E-state index is -4.48. The van der Waals surface area contributed by atoms with Gasteiger partial charge in [0.05, 0.1) is 5.56 Å². The van der Waals surface area contributed by atoms with Crippen LogP contribution in [0.15, 0.2) is 22.7 Å². The molecule has 0 N–H and O–H groups in total. The number of hydrogen-bond donors (Lipinski definition) is 0. The Morgan fingerprint density at radius 1 is 1.33 bits per heavy atom. The van der Waals surface area contributed by atoms with E-state index in [2.05, 4.69) is 20.8 Å². The lowest BCUT2D eigenvalue weighted by Gasteiger charge is -2.37. The van der Waals surface area contributed by atoms with E-state index in [1.54, 1.807) is 4.90 Å². The van der Waals surface area contributed by atoms with Crippen LogP contribution in [0.5, 0.6) is 0 Å². The number of piperazine rings is 1. The summed E-state index contributed by atoms with van der Waals surface area (Å²) in [4.78, 5) is 16.1. The molecule has 21 heavy (non-hydrogen) atoms. The molecule has 1 aliphatic rings. The highest BCUT2D eigenvalue weighted by Gasteiger charge is 2.34. The van der Waals surface area contributed by atoms with E-state index in [1.807, 2.05) is 14.0 Å². The van der Waals surface area contributed by atoms with E-state index in [0.717, 1.165) is 12.6 Å². The molecular weight excluding hydrogens is 349 g/mol. The molecule has 0 bridgehead atoms. The van der Waals surface area contributed by atoms with Gasteiger partial charge in [-0.1, -0.05) is 15.9 Å². The Morgan fingerprint density at radius 3 is 2.57 bits per heavy atom. The third-order valence-corrected chi connectivity index (χ3v) is 4.46. The molecule has 0 spiro atoms. The van der Waals surface area contributed by atoms with Gasteiger partial charge in [-0.15, -0.1) is 0 Å². The Morgan fingerprint density at radius 2 is 2.00 bits per heavy atom. The number of halogens is 4. The highest BCUT2D eigenvalue weighted by atomic mass is 79.9. The number of carbonyl (C=O) groups is 1. The third kappa shape index (κ3) is 3.58. The molecule has 1 unspecified atom stereocenters. The summed E-state index contributed by atoms with van der Waals surface area (Å²) in [6, 6.07) is 3.80. The summed E-state index contributed by atoms with van der Waals surface area (Å²) in [6.07, 6.45) is -4.48. The van der Waals surface area contributed by atoms with E-state index in [0.29, 0.717) is 13.1 Å². The van der Waals surface area contributed by atoms with Crippen LogP contribution in [-0.2, 0) is 6.18 Å². The summed E-state index contributed by atoms with van der Waals surface area (Å²) in [5.41, 5.74) is -0.752. The fourth-order valence-electron chi connectivity index (χ4n) is 2.29. The monoisotopic (exact) mass is 364 g/mol. The van der Waals surface area contributed by atoms with Crippen molar-refractivity contribution in [2.75, 3.05) is 26.7 Å². The van der Waals surface area contributed by atoms with E-state index >= 15 is 0 Å². The first-order chi connectivity index (χ1) is 9.70. The number of nitrogens with zero attached hydrogens (tertiary/aromatic N) is 2. The average Bonchev–Trinajstić information content (AvgIpc) is 2.40. The SMILES string of the molecule is CC1CN(C(=O)c2ccc(Br)c(C(F)(F)F)c2)CCN1C. The number of amides is 1. The summed E-state index contributed by atoms with van der Waals surface area (Å²) in [6.45, 7) is 3.75. The molecule has 1 aliphatic heterocycles. The summed E-state index contributed by atoms with van der Waals surface area (Å²) in [5, 5.41) is 0. The van der Waals surface area contributed by atoms with E-state index in [9.17, 15) is 18.0 Å². The largest absolute Gasteiger partial charge is 0.417 e. The Bertz CT molecular complexity index is 548. The Hall–Kier alpha value is -1.08. The molecule has 0 aromatic heterocycles. The van der Waals surface area contributed by atoms with Gasteiger partial charge in [0.1, 0.15) is 0 Å². The second kappa shape index (κ2) is 5.96. The van der Waals surface area contributed by atoms with Crippen LogP contribution in [0.2, 0.25) is 0 Å². The van der Waals surface area contributed by atoms with Gasteiger partial charge in [-0.3, -0.25) is 4.79 Å². The van der Waals surface area contributed by atoms with Gasteiger partial charge in [0.15, 0.2) is 0 Å². The van der Waals surface area contributed by atoms with Gasteiger partial charge in [-0.05, 0) is 32.2 Å². The molecular formula is C14H16BrF3N2O. The molecule has 1 aromatic carbocycles. The van der Waals surface area contributed by atoms with E-state index in [1.165, 1.54) is 12.1 Å². The Kier molecular flexibility index (Phi) is 4.63. The van der Waals surface area contributed by atoms with Crippen LogP contribution >= 0.6 is 15.9 Å². The number of hydrogen-bond acceptors (Lipinski definition) is 2. The highest BCUT2D eigenvalue weighted by molar-refractivity contribution is 9.10. The molecule has 0 aliphatic carbocycles. The number of benzene rings is 1. The molecule has 2 rings (SSSR count). The molecule has 3 nitrogen and oxygen atoms in total. The fraction of sp³-hybridized carbons (Fsp3) is 0.500. The first-order valence-electron chi connectivity index (χ1n) is 6.56. The third-order valence-electron chi connectivity index (χ3n) is 3.77. The maximum atomic E-state index is 12.9. The molecule has 1 fully saturated rings. The van der Waals surface area contributed by atoms with Crippen molar-refractivity contribution in [3.05, 3.63) is 33.8 Å². The van der Waals surface area contributed by atoms with Crippen molar-refractivity contribution in [3.8, 4) is 0 Å². The highest BCUT2D eigenvalue weighted by Crippen LogP contribution is 2.35. The molecule has 1 aromatic rings. The maximum absolute atomic E-state index is 12.9. The molecule has 1 saturated heterocycles. The van der Waals surface area contributed by atoms with Crippen molar-refractivity contribution in [1.29, 1.82) is 0 Å². The van der Waals surface area contributed by atoms with Crippen molar-refractivity contribution >= 4 is 21.8 Å². The standard InChI is InChI=1S/C14H16BrF3N2O/c1-9-8-20(6-5-19(9)2)13(21)10-3-4-12(15)11(7-10)14(16,17)18/h3-4,7,9H,5-6,8H2,1-2H3. The first kappa shape index (κ1) is 16.3. The average molecular weight is 365 g/mol. The van der Waals surface area contributed by atoms with E-state index < -0.39 is 11.7 Å². The smallest absolute Gasteiger partial charge is 0.336 e. The zero-order valence-electron chi connectivity index (χ0n) is 11.7. The Balaban J connectivity index is 2.24. The van der Waals surface area contributed by atoms with Crippen LogP contribution in [0.1, 0.15) is 22.8 Å². The van der Waals surface area contributed by atoms with Crippen molar-refractivity contribution in [3.63, 3.8) is 0 Å². The zero-order chi connectivity index (χ0) is 15.8. The number of alkyl halides is 3. The lowest BCUT2D eigenvalue weighted by Crippen LogP contribution is -2.52. The van der Waals surface area contributed by atoms with Gasteiger partial charge in [-0.25, -0.2) is 0 Å². The van der Waals surface area contributed by atoms with Crippen molar-refractivity contribution in [2.45, 2.75) is 19.1 Å². The van der Waals surface area contributed by atoms with Gasteiger partial charge in [0.2, 0.25) is 0 Å². The first-order valence-corrected chi connectivity index (χ1v) is 7.35. The fourth-order valence-corrected chi connectivity index (χ4v) is 2.76. The van der Waals surface area contributed by atoms with Crippen LogP contribution in [0.4, 0.5) is 13.2 Å². The van der Waals surface area contributed by atoms with Gasteiger partial charge in [-0.2, -0.15) is 13.2 Å². The van der Waals surface area contributed by atoms with Crippen LogP contribution in [0.3, 0.4) is 0 Å². The van der Waals surface area contributed by atoms with Crippen molar-refractivity contribution in [2.24, 2.45) is 0 Å². The zero-order valence-corrected chi connectivity index (χ0v) is 13.3. The predicted molar refractivity (Wildman–Crippen MR) is 77.1 cm³/mol. The van der Waals surface area contributed by atoms with Crippen LogP contribution in [-0.4, -0.2) is 48.4 Å². The lowest BCUT2D eigenvalue weighted by molar-refractivity contribution is -0.138. The van der Waals surface area contributed by atoms with Gasteiger partial charge in [0, 0.05) is 35.7 Å². The molecule has 7 heteroatoms. The quantitative estimate of drug-likeness (QED) is 0.763. The summed E-state index contributed by atoms with van der Waals surface area (Å²) >= 11 is 2.88. The van der Waals surface area contributed by atoms with Crippen LogP contribution < -0.4 is 0 Å². The minimum Gasteiger partial charge on any atom is -0.336 e. The maximum Gasteiger partial charge on any atom is 0.417 e. The van der Waals surface area contributed by atoms with E-state index in [-0.39, 0.29) is 22.0 Å². The molecule has 1 heterocycles. The van der Waals surface area contributed by atoms with Crippen LogP contribution in [0, 0.1) is 0 Å². The number of carbonyl (C=O) groups excluding carboxylic acids is 1. The van der Waals surface area contributed by atoms with Crippen molar-refractivity contribution < 1.29 is 18.0 Å². The Labute approximate surface area is 129 Å². The molecule has 0 saturated carbocycles. The summed E-state index contributed by atoms with van der Waals surface area (Å²) < 4.78 is 38.6. The van der Waals surface area contributed by atoms with Crippen molar-refractivity contribution in [1.82, 2.24) is 9.80 Å². The molecule has 0 radical (unpaired) electrons. The predicted octanol–water partition coefficient (Wildman–Crippen LogP) is 3.24. The number of likely N-dealkylation sites (N-methyl/N-ethyl adjacent to an activating group) is 1. The molecule has 116 valence electrons. The second-order valence-corrected chi connectivity index (χ2v) is 6.13. The summed E-state index contributed by atoms with van der Waals surface area (Å²) in [5.74, 6) is -0.354. The second-order valence-electron chi connectivity index (χ2n) is 5.27. The molecule has 1 amide bonds. The topological polar surface area (TPSA) is 23.6 Å². The minimum absolute atomic E-state index is 0.0571.